The Morgan fingerprint density at radius 1 is 1.08 bits per heavy atom. The van der Waals surface area contributed by atoms with Crippen molar-refractivity contribution < 1.29 is 47.8 Å². The molecule has 0 aliphatic heterocycles. The first kappa shape index (κ1) is 24.0. The van der Waals surface area contributed by atoms with E-state index in [4.69, 9.17) is 19.7 Å². The summed E-state index contributed by atoms with van der Waals surface area (Å²) in [7, 11) is -4.53. The largest absolute Gasteiger partial charge is 0.472 e. The van der Waals surface area contributed by atoms with E-state index in [9.17, 15) is 19.0 Å². The van der Waals surface area contributed by atoms with E-state index < -0.39 is 51.8 Å². The Labute approximate surface area is 146 Å². The summed E-state index contributed by atoms with van der Waals surface area (Å²) in [6, 6.07) is 0. The van der Waals surface area contributed by atoms with Crippen molar-refractivity contribution in [2.24, 2.45) is 0 Å². The Bertz CT molecular complexity index is 441. The van der Waals surface area contributed by atoms with Gasteiger partial charge in [0, 0.05) is 12.8 Å². The molecule has 0 aliphatic rings. The van der Waals surface area contributed by atoms with Crippen molar-refractivity contribution in [2.75, 3.05) is 26.4 Å². The average Bonchev–Trinajstić information content (AvgIpc) is 2.59. The van der Waals surface area contributed by atoms with Crippen molar-refractivity contribution >= 4 is 19.8 Å². The second kappa shape index (κ2) is 13.2. The Morgan fingerprint density at radius 2 is 1.72 bits per heavy atom. The quantitative estimate of drug-likeness (QED) is 0.285. The molecule has 25 heavy (non-hydrogen) atoms. The Balaban J connectivity index is 4.48. The molecule has 11 heteroatoms. The fraction of sp³-hybridized carbons (Fsp3) is 0.857. The zero-order chi connectivity index (χ0) is 19.3. The van der Waals surface area contributed by atoms with Crippen LogP contribution < -0.4 is 0 Å². The highest BCUT2D eigenvalue weighted by Gasteiger charge is 2.26. The van der Waals surface area contributed by atoms with Gasteiger partial charge in [-0.2, -0.15) is 0 Å². The van der Waals surface area contributed by atoms with Gasteiger partial charge in [0.05, 0.1) is 19.8 Å². The van der Waals surface area contributed by atoms with Crippen LogP contribution in [0, 0.1) is 0 Å². The highest BCUT2D eigenvalue weighted by molar-refractivity contribution is 7.47. The summed E-state index contributed by atoms with van der Waals surface area (Å²) >= 11 is 0. The van der Waals surface area contributed by atoms with E-state index in [1.807, 2.05) is 6.92 Å². The van der Waals surface area contributed by atoms with Crippen LogP contribution >= 0.6 is 7.82 Å². The fourth-order valence-corrected chi connectivity index (χ4v) is 2.20. The molecule has 3 N–H and O–H groups in total. The number of esters is 2. The maximum Gasteiger partial charge on any atom is 0.472 e. The molecule has 0 aromatic carbocycles. The zero-order valence-corrected chi connectivity index (χ0v) is 15.4. The van der Waals surface area contributed by atoms with Crippen molar-refractivity contribution in [3.05, 3.63) is 0 Å². The molecule has 3 atom stereocenters. The number of rotatable bonds is 14. The molecule has 148 valence electrons. The number of ether oxygens (including phenoxy) is 2. The molecule has 0 rings (SSSR count). The lowest BCUT2D eigenvalue weighted by Gasteiger charge is -2.20. The van der Waals surface area contributed by atoms with E-state index in [0.717, 1.165) is 6.42 Å². The van der Waals surface area contributed by atoms with Gasteiger partial charge in [-0.3, -0.25) is 18.6 Å². The van der Waals surface area contributed by atoms with Gasteiger partial charge in [-0.15, -0.1) is 0 Å². The van der Waals surface area contributed by atoms with Crippen LogP contribution in [0.1, 0.15) is 39.5 Å². The standard InChI is InChI=1S/C14H27O10P/c1-3-5-6-14(18)21-9-12(24-13(17)4-2)10-23-25(19,20)22-8-11(16)7-15/h11-12,15-16H,3-10H2,1-2H3,(H,19,20)/t11-,12+/m0/s1. The van der Waals surface area contributed by atoms with E-state index >= 15 is 0 Å². The van der Waals surface area contributed by atoms with Crippen molar-refractivity contribution in [2.45, 2.75) is 51.7 Å². The average molecular weight is 386 g/mol. The van der Waals surface area contributed by atoms with Gasteiger partial charge in [-0.05, 0) is 6.42 Å². The van der Waals surface area contributed by atoms with Gasteiger partial charge in [0.25, 0.3) is 0 Å². The number of phosphoric acid groups is 1. The normalized spacial score (nSPS) is 15.9. The van der Waals surface area contributed by atoms with Gasteiger partial charge < -0.3 is 24.6 Å². The second-order valence-electron chi connectivity index (χ2n) is 5.15. The molecule has 0 heterocycles. The molecule has 0 spiro atoms. The van der Waals surface area contributed by atoms with Gasteiger partial charge in [0.2, 0.25) is 0 Å². The molecule has 0 aromatic rings. The summed E-state index contributed by atoms with van der Waals surface area (Å²) in [5, 5.41) is 17.7. The molecular formula is C14H27O10P. The van der Waals surface area contributed by atoms with Crippen LogP contribution in [0.3, 0.4) is 0 Å². The summed E-state index contributed by atoms with van der Waals surface area (Å²) in [5.74, 6) is -1.07. The van der Waals surface area contributed by atoms with Crippen LogP contribution in [0.25, 0.3) is 0 Å². The van der Waals surface area contributed by atoms with Gasteiger partial charge in [0.15, 0.2) is 6.10 Å². The first-order valence-electron chi connectivity index (χ1n) is 7.99. The molecule has 0 fully saturated rings. The van der Waals surface area contributed by atoms with Gasteiger partial charge >= 0.3 is 19.8 Å². The fourth-order valence-electron chi connectivity index (χ4n) is 1.41. The summed E-state index contributed by atoms with van der Waals surface area (Å²) in [5.41, 5.74) is 0. The lowest BCUT2D eigenvalue weighted by molar-refractivity contribution is -0.161. The van der Waals surface area contributed by atoms with Crippen LogP contribution in [-0.2, 0) is 32.7 Å². The third-order valence-electron chi connectivity index (χ3n) is 2.82. The van der Waals surface area contributed by atoms with E-state index in [0.29, 0.717) is 6.42 Å². The monoisotopic (exact) mass is 386 g/mol. The highest BCUT2D eigenvalue weighted by atomic mass is 31.2. The maximum atomic E-state index is 11.6. The molecule has 0 saturated carbocycles. The third kappa shape index (κ3) is 12.9. The number of aliphatic hydroxyl groups excluding tert-OH is 2. The number of phosphoric ester groups is 1. The zero-order valence-electron chi connectivity index (χ0n) is 14.5. The lowest BCUT2D eigenvalue weighted by atomic mass is 10.2. The molecule has 0 saturated heterocycles. The van der Waals surface area contributed by atoms with Crippen molar-refractivity contribution in [3.8, 4) is 0 Å². The van der Waals surface area contributed by atoms with Gasteiger partial charge in [0.1, 0.15) is 12.7 Å². The topological polar surface area (TPSA) is 149 Å². The molecular weight excluding hydrogens is 359 g/mol. The van der Waals surface area contributed by atoms with Crippen LogP contribution in [0.4, 0.5) is 0 Å². The second-order valence-corrected chi connectivity index (χ2v) is 6.60. The van der Waals surface area contributed by atoms with Crippen LogP contribution in [0.5, 0.6) is 0 Å². The highest BCUT2D eigenvalue weighted by Crippen LogP contribution is 2.43. The number of carbonyl (C=O) groups is 2. The number of hydrogen-bond acceptors (Lipinski definition) is 9. The molecule has 0 bridgehead atoms. The predicted molar refractivity (Wildman–Crippen MR) is 85.5 cm³/mol. The van der Waals surface area contributed by atoms with Crippen molar-refractivity contribution in [1.29, 1.82) is 0 Å². The number of aliphatic hydroxyl groups is 2. The van der Waals surface area contributed by atoms with E-state index in [1.165, 1.54) is 0 Å². The smallest absolute Gasteiger partial charge is 0.462 e. The molecule has 0 aromatic heterocycles. The minimum atomic E-state index is -4.53. The summed E-state index contributed by atoms with van der Waals surface area (Å²) in [6.07, 6.45) is -0.663. The first-order valence-corrected chi connectivity index (χ1v) is 9.49. The van der Waals surface area contributed by atoms with Crippen LogP contribution in [-0.4, -0.2) is 65.7 Å². The number of hydrogen-bond donors (Lipinski definition) is 3. The van der Waals surface area contributed by atoms with E-state index in [-0.39, 0.29) is 19.4 Å². The van der Waals surface area contributed by atoms with E-state index in [2.05, 4.69) is 9.05 Å². The molecule has 0 amide bonds. The van der Waals surface area contributed by atoms with Crippen LogP contribution in [0.2, 0.25) is 0 Å². The first-order chi connectivity index (χ1) is 11.7. The Hall–Kier alpha value is -1.03. The third-order valence-corrected chi connectivity index (χ3v) is 3.77. The molecule has 1 unspecified atom stereocenters. The minimum absolute atomic E-state index is 0.0657. The van der Waals surface area contributed by atoms with Gasteiger partial charge in [-0.25, -0.2) is 4.57 Å². The molecule has 0 aliphatic carbocycles. The van der Waals surface area contributed by atoms with Gasteiger partial charge in [-0.1, -0.05) is 20.3 Å². The SMILES string of the molecule is CCCCC(=O)OC[C@H](COP(=O)(O)OC[C@@H](O)CO)OC(=O)CC. The Kier molecular flexibility index (Phi) is 12.7. The Morgan fingerprint density at radius 3 is 2.28 bits per heavy atom. The van der Waals surface area contributed by atoms with Crippen molar-refractivity contribution in [1.82, 2.24) is 0 Å². The summed E-state index contributed by atoms with van der Waals surface area (Å²) < 4.78 is 30.7. The van der Waals surface area contributed by atoms with E-state index in [1.54, 1.807) is 6.92 Å². The van der Waals surface area contributed by atoms with Crippen molar-refractivity contribution in [3.63, 3.8) is 0 Å². The number of unbranched alkanes of at least 4 members (excludes halogenated alkanes) is 1. The van der Waals surface area contributed by atoms with Crippen LogP contribution in [0.15, 0.2) is 0 Å². The minimum Gasteiger partial charge on any atom is -0.462 e. The maximum absolute atomic E-state index is 11.6. The lowest BCUT2D eigenvalue weighted by Crippen LogP contribution is -2.29. The molecule has 0 radical (unpaired) electrons. The summed E-state index contributed by atoms with van der Waals surface area (Å²) in [4.78, 5) is 32.3. The number of carbonyl (C=O) groups excluding carboxylic acids is 2. The predicted octanol–water partition coefficient (Wildman–Crippen LogP) is 0.528. The molecule has 10 nitrogen and oxygen atoms in total. The summed E-state index contributed by atoms with van der Waals surface area (Å²) in [6.45, 7) is 1.34.